The van der Waals surface area contributed by atoms with E-state index < -0.39 is 17.0 Å². The number of rotatable bonds is 8. The molecule has 3 nitrogen and oxygen atoms in total. The van der Waals surface area contributed by atoms with Gasteiger partial charge in [0, 0.05) is 11.5 Å². The molecule has 214 valence electrons. The number of carbonyl (C=O) groups excluding carboxylic acids is 2. The van der Waals surface area contributed by atoms with Gasteiger partial charge in [-0.3, -0.25) is 9.59 Å². The van der Waals surface area contributed by atoms with Crippen LogP contribution in [0.25, 0.3) is 5.57 Å². The zero-order valence-corrected chi connectivity index (χ0v) is 25.0. The first-order chi connectivity index (χ1) is 18.5. The van der Waals surface area contributed by atoms with Gasteiger partial charge in [-0.15, -0.1) is 0 Å². The second-order valence-electron chi connectivity index (χ2n) is 13.4. The van der Waals surface area contributed by atoms with Gasteiger partial charge in [-0.1, -0.05) is 78.4 Å². The van der Waals surface area contributed by atoms with Gasteiger partial charge in [0.2, 0.25) is 0 Å². The molecule has 0 radical (unpaired) electrons. The molecule has 1 heterocycles. The van der Waals surface area contributed by atoms with E-state index in [2.05, 4.69) is 19.9 Å². The second kappa shape index (κ2) is 12.1. The molecule has 0 bridgehead atoms. The molecule has 0 aliphatic heterocycles. The lowest BCUT2D eigenvalue weighted by Gasteiger charge is -2.39. The van der Waals surface area contributed by atoms with Crippen molar-refractivity contribution in [3.8, 4) is 0 Å². The Morgan fingerprint density at radius 3 is 2.49 bits per heavy atom. The van der Waals surface area contributed by atoms with Crippen LogP contribution >= 0.6 is 0 Å². The maximum Gasteiger partial charge on any atom is 0.157 e. The SMILES string of the molecule is CCC(C)(F)C1=CC(c2ccoc2)=CC2(C)C(=O)C(C(=O)C3CCCC(CCC(C)C)CCC3)C(C)CC=C12. The van der Waals surface area contributed by atoms with Crippen molar-refractivity contribution in [2.75, 3.05) is 0 Å². The topological polar surface area (TPSA) is 47.3 Å². The van der Waals surface area contributed by atoms with Gasteiger partial charge in [0.05, 0.1) is 23.9 Å². The van der Waals surface area contributed by atoms with Crippen molar-refractivity contribution in [3.63, 3.8) is 0 Å². The van der Waals surface area contributed by atoms with E-state index >= 15 is 4.39 Å². The Labute approximate surface area is 235 Å². The fraction of sp³-hybridized carbons (Fsp3) is 0.657. The lowest BCUT2D eigenvalue weighted by atomic mass is 9.63. The predicted octanol–water partition coefficient (Wildman–Crippen LogP) is 9.49. The van der Waals surface area contributed by atoms with Gasteiger partial charge < -0.3 is 4.42 Å². The first-order valence-corrected chi connectivity index (χ1v) is 15.4. The Kier molecular flexibility index (Phi) is 9.23. The van der Waals surface area contributed by atoms with Crippen molar-refractivity contribution in [3.05, 3.63) is 53.5 Å². The Balaban J connectivity index is 1.62. The maximum atomic E-state index is 16.0. The number of halogens is 1. The molecule has 39 heavy (non-hydrogen) atoms. The van der Waals surface area contributed by atoms with Crippen molar-refractivity contribution in [2.45, 2.75) is 111 Å². The van der Waals surface area contributed by atoms with Crippen LogP contribution < -0.4 is 0 Å². The summed E-state index contributed by atoms with van der Waals surface area (Å²) < 4.78 is 21.4. The van der Waals surface area contributed by atoms with Gasteiger partial charge in [0.25, 0.3) is 0 Å². The van der Waals surface area contributed by atoms with Gasteiger partial charge >= 0.3 is 0 Å². The zero-order valence-electron chi connectivity index (χ0n) is 25.0. The third-order valence-electron chi connectivity index (χ3n) is 9.92. The molecule has 0 amide bonds. The van der Waals surface area contributed by atoms with Gasteiger partial charge in [0.1, 0.15) is 11.5 Å². The van der Waals surface area contributed by atoms with Crippen LogP contribution in [-0.2, 0) is 9.59 Å². The minimum Gasteiger partial charge on any atom is -0.472 e. The minimum atomic E-state index is -1.59. The van der Waals surface area contributed by atoms with E-state index in [1.165, 1.54) is 25.7 Å². The predicted molar refractivity (Wildman–Crippen MR) is 157 cm³/mol. The Hall–Kier alpha value is -2.23. The normalized spacial score (nSPS) is 31.7. The summed E-state index contributed by atoms with van der Waals surface area (Å²) in [6.07, 6.45) is 18.8. The van der Waals surface area contributed by atoms with E-state index in [1.54, 1.807) is 19.5 Å². The highest BCUT2D eigenvalue weighted by Crippen LogP contribution is 2.51. The number of furan rings is 1. The highest BCUT2D eigenvalue weighted by molar-refractivity contribution is 6.09. The number of hydrogen-bond acceptors (Lipinski definition) is 3. The average Bonchev–Trinajstić information content (AvgIpc) is 3.39. The second-order valence-corrected chi connectivity index (χ2v) is 13.4. The summed E-state index contributed by atoms with van der Waals surface area (Å²) in [6, 6.07) is 1.84. The molecule has 1 saturated carbocycles. The fourth-order valence-corrected chi connectivity index (χ4v) is 7.11. The molecular weight excluding hydrogens is 487 g/mol. The van der Waals surface area contributed by atoms with Crippen LogP contribution in [0.5, 0.6) is 0 Å². The number of hydrogen-bond donors (Lipinski definition) is 0. The van der Waals surface area contributed by atoms with E-state index in [1.807, 2.05) is 39.0 Å². The molecule has 0 saturated heterocycles. The minimum absolute atomic E-state index is 0.0596. The summed E-state index contributed by atoms with van der Waals surface area (Å²) in [5.74, 6) is 0.715. The van der Waals surface area contributed by atoms with Crippen molar-refractivity contribution < 1.29 is 18.4 Å². The number of ketones is 2. The molecule has 4 heteroatoms. The molecule has 0 spiro atoms. The van der Waals surface area contributed by atoms with Crippen LogP contribution in [0.15, 0.2) is 52.4 Å². The molecule has 1 aromatic heterocycles. The van der Waals surface area contributed by atoms with Crippen LogP contribution in [-0.4, -0.2) is 17.2 Å². The van der Waals surface area contributed by atoms with E-state index in [9.17, 15) is 9.59 Å². The summed E-state index contributed by atoms with van der Waals surface area (Å²) in [5, 5.41) is 0. The van der Waals surface area contributed by atoms with Gasteiger partial charge in [-0.2, -0.15) is 0 Å². The smallest absolute Gasteiger partial charge is 0.157 e. The number of carbonyl (C=O) groups is 2. The summed E-state index contributed by atoms with van der Waals surface area (Å²) in [7, 11) is 0. The molecule has 1 aromatic rings. The maximum absolute atomic E-state index is 16.0. The monoisotopic (exact) mass is 536 g/mol. The number of alkyl halides is 1. The molecular formula is C35H49FO3. The Morgan fingerprint density at radius 1 is 1.21 bits per heavy atom. The quantitative estimate of drug-likeness (QED) is 0.311. The van der Waals surface area contributed by atoms with Crippen molar-refractivity contribution in [2.24, 2.45) is 35.0 Å². The van der Waals surface area contributed by atoms with Crippen LogP contribution in [0, 0.1) is 35.0 Å². The van der Waals surface area contributed by atoms with Crippen LogP contribution in [0.4, 0.5) is 4.39 Å². The van der Waals surface area contributed by atoms with E-state index in [0.29, 0.717) is 18.4 Å². The average molecular weight is 537 g/mol. The Morgan fingerprint density at radius 2 is 1.90 bits per heavy atom. The summed E-state index contributed by atoms with van der Waals surface area (Å²) in [4.78, 5) is 28.7. The largest absolute Gasteiger partial charge is 0.472 e. The third kappa shape index (κ3) is 6.25. The molecule has 0 N–H and O–H groups in total. The molecule has 3 aliphatic carbocycles. The lowest BCUT2D eigenvalue weighted by Crippen LogP contribution is -2.43. The Bertz CT molecular complexity index is 1110. The van der Waals surface area contributed by atoms with Crippen LogP contribution in [0.3, 0.4) is 0 Å². The fourth-order valence-electron chi connectivity index (χ4n) is 7.11. The molecule has 4 rings (SSSR count). The highest BCUT2D eigenvalue weighted by atomic mass is 19.1. The first kappa shape index (κ1) is 29.7. The standard InChI is InChI=1S/C35H49FO3/c1-7-35(6,36)30-20-28(27-18-19-39-22-27)21-34(5)29(30)17-15-24(4)31(33(34)38)32(37)26-12-8-10-25(11-9-13-26)16-14-23(2)3/h17-26,31H,7-16H2,1-6H3. The summed E-state index contributed by atoms with van der Waals surface area (Å²) >= 11 is 0. The number of fused-ring (bicyclic) bond motifs is 1. The zero-order chi connectivity index (χ0) is 28.4. The lowest BCUT2D eigenvalue weighted by molar-refractivity contribution is -0.140. The van der Waals surface area contributed by atoms with E-state index in [-0.39, 0.29) is 23.4 Å². The molecule has 1 fully saturated rings. The first-order valence-electron chi connectivity index (χ1n) is 15.4. The molecule has 3 aliphatic rings. The van der Waals surface area contributed by atoms with E-state index in [4.69, 9.17) is 4.42 Å². The van der Waals surface area contributed by atoms with Crippen molar-refractivity contribution in [1.29, 1.82) is 0 Å². The van der Waals surface area contributed by atoms with Gasteiger partial charge in [0.15, 0.2) is 5.78 Å². The molecule has 0 aromatic carbocycles. The number of Topliss-reactive ketones (excluding diaryl/α,β-unsaturated/α-hetero) is 2. The molecule has 4 atom stereocenters. The molecule has 4 unspecified atom stereocenters. The van der Waals surface area contributed by atoms with Gasteiger partial charge in [-0.25, -0.2) is 4.39 Å². The van der Waals surface area contributed by atoms with Gasteiger partial charge in [-0.05, 0) is 86.1 Å². The van der Waals surface area contributed by atoms with E-state index in [0.717, 1.165) is 54.2 Å². The summed E-state index contributed by atoms with van der Waals surface area (Å²) in [5.41, 5.74) is 0.240. The summed E-state index contributed by atoms with van der Waals surface area (Å²) in [6.45, 7) is 11.9. The van der Waals surface area contributed by atoms with Crippen LogP contribution in [0.2, 0.25) is 0 Å². The third-order valence-corrected chi connectivity index (χ3v) is 9.92. The van der Waals surface area contributed by atoms with Crippen LogP contribution in [0.1, 0.15) is 111 Å². The number of allylic oxidation sites excluding steroid dienone is 6. The highest BCUT2D eigenvalue weighted by Gasteiger charge is 2.51. The van der Waals surface area contributed by atoms with Crippen molar-refractivity contribution >= 4 is 17.1 Å². The van der Waals surface area contributed by atoms with Crippen molar-refractivity contribution in [1.82, 2.24) is 0 Å².